The summed E-state index contributed by atoms with van der Waals surface area (Å²) < 4.78 is 51.7. The largest absolute Gasteiger partial charge is 0.489 e. The highest BCUT2D eigenvalue weighted by Gasteiger charge is 2.31. The third-order valence-corrected chi connectivity index (χ3v) is 5.72. The molecule has 4 aromatic rings. The lowest BCUT2D eigenvalue weighted by molar-refractivity contribution is -0.137. The van der Waals surface area contributed by atoms with Gasteiger partial charge in [0.1, 0.15) is 17.3 Å². The standard InChI is InChI=1S/C27H25Cl2F3N4O2/c1-14(2)37-23-9-6-17(12-20(23)28)33-25-19-11-16(27(30,31)32)5-8-22(19)35-26(36-25)34-18-7-10-24(21(29)13-18)38-15(3)4/h5-15H,1-4H3,(H2,33,34,35,36). The Kier molecular flexibility index (Phi) is 8.08. The normalized spacial score (nSPS) is 11.8. The van der Waals surface area contributed by atoms with Crippen molar-refractivity contribution in [3.8, 4) is 11.5 Å². The van der Waals surface area contributed by atoms with Gasteiger partial charge in [-0.1, -0.05) is 23.2 Å². The minimum absolute atomic E-state index is 0.0511. The van der Waals surface area contributed by atoms with E-state index in [9.17, 15) is 13.2 Å². The first-order chi connectivity index (χ1) is 17.9. The van der Waals surface area contributed by atoms with Crippen LogP contribution in [-0.2, 0) is 6.18 Å². The van der Waals surface area contributed by atoms with Crippen LogP contribution >= 0.6 is 23.2 Å². The van der Waals surface area contributed by atoms with Gasteiger partial charge in [0.15, 0.2) is 0 Å². The molecule has 1 aromatic heterocycles. The molecule has 0 spiro atoms. The van der Waals surface area contributed by atoms with Gasteiger partial charge in [0.2, 0.25) is 5.95 Å². The molecule has 0 bridgehead atoms. The molecular weight excluding hydrogens is 540 g/mol. The number of rotatable bonds is 8. The first-order valence-corrected chi connectivity index (χ1v) is 12.5. The lowest BCUT2D eigenvalue weighted by Gasteiger charge is -2.16. The zero-order valence-electron chi connectivity index (χ0n) is 21.0. The van der Waals surface area contributed by atoms with Crippen LogP contribution in [-0.4, -0.2) is 22.2 Å². The fourth-order valence-electron chi connectivity index (χ4n) is 3.58. The SMILES string of the molecule is CC(C)Oc1ccc(Nc2nc(Nc3ccc(OC(C)C)c(Cl)c3)c3cc(C(F)(F)F)ccc3n2)cc1Cl. The quantitative estimate of drug-likeness (QED) is 0.222. The Labute approximate surface area is 228 Å². The van der Waals surface area contributed by atoms with Gasteiger partial charge < -0.3 is 20.1 Å². The van der Waals surface area contributed by atoms with Gasteiger partial charge in [0, 0.05) is 16.8 Å². The van der Waals surface area contributed by atoms with Crippen molar-refractivity contribution in [2.45, 2.75) is 46.1 Å². The second-order valence-corrected chi connectivity index (χ2v) is 9.81. The van der Waals surface area contributed by atoms with E-state index in [-0.39, 0.29) is 29.4 Å². The fourth-order valence-corrected chi connectivity index (χ4v) is 4.03. The number of hydrogen-bond acceptors (Lipinski definition) is 6. The van der Waals surface area contributed by atoms with Crippen LogP contribution in [0, 0.1) is 0 Å². The number of fused-ring (bicyclic) bond motifs is 1. The number of hydrogen-bond donors (Lipinski definition) is 2. The minimum atomic E-state index is -4.53. The molecule has 0 atom stereocenters. The summed E-state index contributed by atoms with van der Waals surface area (Å²) in [6.07, 6.45) is -4.66. The summed E-state index contributed by atoms with van der Waals surface area (Å²) >= 11 is 12.7. The maximum Gasteiger partial charge on any atom is 0.416 e. The summed E-state index contributed by atoms with van der Waals surface area (Å²) in [6, 6.07) is 13.4. The maximum atomic E-state index is 13.5. The fraction of sp³-hybridized carbons (Fsp3) is 0.259. The number of nitrogens with zero attached hydrogens (tertiary/aromatic N) is 2. The van der Waals surface area contributed by atoms with Crippen molar-refractivity contribution >= 4 is 57.2 Å². The molecule has 0 radical (unpaired) electrons. The van der Waals surface area contributed by atoms with Gasteiger partial charge in [-0.3, -0.25) is 0 Å². The third-order valence-electron chi connectivity index (χ3n) is 5.13. The van der Waals surface area contributed by atoms with Crippen LogP contribution in [0.1, 0.15) is 33.3 Å². The molecule has 0 fully saturated rings. The van der Waals surface area contributed by atoms with E-state index >= 15 is 0 Å². The van der Waals surface area contributed by atoms with Crippen LogP contribution in [0.5, 0.6) is 11.5 Å². The smallest absolute Gasteiger partial charge is 0.416 e. The number of benzene rings is 3. The van der Waals surface area contributed by atoms with Gasteiger partial charge in [-0.25, -0.2) is 4.98 Å². The van der Waals surface area contributed by atoms with Crippen LogP contribution in [0.25, 0.3) is 10.9 Å². The predicted octanol–water partition coefficient (Wildman–Crippen LogP) is 9.02. The molecule has 0 saturated carbocycles. The molecule has 0 unspecified atom stereocenters. The zero-order valence-corrected chi connectivity index (χ0v) is 22.5. The van der Waals surface area contributed by atoms with Crippen LogP contribution < -0.4 is 20.1 Å². The lowest BCUT2D eigenvalue weighted by Crippen LogP contribution is -2.07. The third kappa shape index (κ3) is 6.71. The van der Waals surface area contributed by atoms with Crippen molar-refractivity contribution in [1.29, 1.82) is 0 Å². The second-order valence-electron chi connectivity index (χ2n) is 9.00. The predicted molar refractivity (Wildman–Crippen MR) is 146 cm³/mol. The van der Waals surface area contributed by atoms with Crippen molar-refractivity contribution in [1.82, 2.24) is 9.97 Å². The van der Waals surface area contributed by atoms with E-state index in [2.05, 4.69) is 20.6 Å². The van der Waals surface area contributed by atoms with Gasteiger partial charge in [-0.05, 0) is 82.3 Å². The lowest BCUT2D eigenvalue weighted by atomic mass is 10.1. The molecule has 2 N–H and O–H groups in total. The Balaban J connectivity index is 1.73. The van der Waals surface area contributed by atoms with E-state index in [1.54, 1.807) is 36.4 Å². The molecule has 0 saturated heterocycles. The summed E-state index contributed by atoms with van der Waals surface area (Å²) in [7, 11) is 0. The minimum Gasteiger partial charge on any atom is -0.489 e. The Bertz CT molecular complexity index is 1460. The van der Waals surface area contributed by atoms with Crippen LogP contribution in [0.4, 0.5) is 36.3 Å². The number of aromatic nitrogens is 2. The molecule has 6 nitrogen and oxygen atoms in total. The highest BCUT2D eigenvalue weighted by atomic mass is 35.5. The van der Waals surface area contributed by atoms with Crippen LogP contribution in [0.3, 0.4) is 0 Å². The van der Waals surface area contributed by atoms with E-state index in [1.165, 1.54) is 6.07 Å². The summed E-state index contributed by atoms with van der Waals surface area (Å²) in [6.45, 7) is 7.53. The Morgan fingerprint density at radius 2 is 1.29 bits per heavy atom. The van der Waals surface area contributed by atoms with Crippen molar-refractivity contribution in [2.75, 3.05) is 10.6 Å². The molecule has 0 aliphatic carbocycles. The average molecular weight is 565 g/mol. The average Bonchev–Trinajstić information content (AvgIpc) is 2.81. The molecule has 200 valence electrons. The molecule has 38 heavy (non-hydrogen) atoms. The molecule has 0 aliphatic rings. The molecule has 0 amide bonds. The zero-order chi connectivity index (χ0) is 27.6. The maximum absolute atomic E-state index is 13.5. The first-order valence-electron chi connectivity index (χ1n) is 11.7. The molecule has 11 heteroatoms. The summed E-state index contributed by atoms with van der Waals surface area (Å²) in [4.78, 5) is 8.88. The molecule has 4 rings (SSSR count). The van der Waals surface area contributed by atoms with E-state index in [0.29, 0.717) is 38.4 Å². The van der Waals surface area contributed by atoms with Gasteiger partial charge in [0.05, 0.1) is 33.3 Å². The highest BCUT2D eigenvalue weighted by molar-refractivity contribution is 6.32. The molecular formula is C27H25Cl2F3N4O2. The summed E-state index contributed by atoms with van der Waals surface area (Å²) in [5.41, 5.74) is 0.563. The monoisotopic (exact) mass is 564 g/mol. The second kappa shape index (κ2) is 11.1. The van der Waals surface area contributed by atoms with Gasteiger partial charge in [-0.15, -0.1) is 0 Å². The van der Waals surface area contributed by atoms with Crippen molar-refractivity contribution in [3.05, 3.63) is 70.2 Å². The van der Waals surface area contributed by atoms with E-state index in [0.717, 1.165) is 12.1 Å². The number of alkyl halides is 3. The van der Waals surface area contributed by atoms with Gasteiger partial charge >= 0.3 is 6.18 Å². The van der Waals surface area contributed by atoms with Crippen molar-refractivity contribution in [3.63, 3.8) is 0 Å². The van der Waals surface area contributed by atoms with E-state index in [1.807, 2.05) is 27.7 Å². The highest BCUT2D eigenvalue weighted by Crippen LogP contribution is 2.36. The molecule has 3 aromatic carbocycles. The molecule has 1 heterocycles. The van der Waals surface area contributed by atoms with Gasteiger partial charge in [-0.2, -0.15) is 18.2 Å². The number of halogens is 5. The van der Waals surface area contributed by atoms with Crippen molar-refractivity contribution < 1.29 is 22.6 Å². The summed E-state index contributed by atoms with van der Waals surface area (Å²) in [5, 5.41) is 7.04. The topological polar surface area (TPSA) is 68.3 Å². The van der Waals surface area contributed by atoms with Crippen LogP contribution in [0.15, 0.2) is 54.6 Å². The van der Waals surface area contributed by atoms with Crippen molar-refractivity contribution in [2.24, 2.45) is 0 Å². The van der Waals surface area contributed by atoms with Gasteiger partial charge in [0.25, 0.3) is 0 Å². The number of ether oxygens (including phenoxy) is 2. The van der Waals surface area contributed by atoms with E-state index in [4.69, 9.17) is 32.7 Å². The molecule has 0 aliphatic heterocycles. The Morgan fingerprint density at radius 3 is 1.79 bits per heavy atom. The van der Waals surface area contributed by atoms with Crippen LogP contribution in [0.2, 0.25) is 10.0 Å². The Hall–Kier alpha value is -3.43. The summed E-state index contributed by atoms with van der Waals surface area (Å²) in [5.74, 6) is 1.32. The Morgan fingerprint density at radius 1 is 0.737 bits per heavy atom. The number of nitrogens with one attached hydrogen (secondary N) is 2. The van der Waals surface area contributed by atoms with E-state index < -0.39 is 11.7 Å². The number of anilines is 4. The first kappa shape index (κ1) is 27.6.